The summed E-state index contributed by atoms with van der Waals surface area (Å²) in [5, 5.41) is 1.32. The SMILES string of the molecule is Cc1ccc2sc(C3CCCC3)nc2c1-c1n(-c2ccc(C(C)(C)C)cc2)c2ccccc2[n+]1C. The first-order chi connectivity index (χ1) is 16.8. The first-order valence-electron chi connectivity index (χ1n) is 12.8. The first-order valence-corrected chi connectivity index (χ1v) is 13.7. The van der Waals surface area contributed by atoms with Crippen LogP contribution >= 0.6 is 11.3 Å². The second kappa shape index (κ2) is 8.30. The Morgan fingerprint density at radius 3 is 2.37 bits per heavy atom. The predicted octanol–water partition coefficient (Wildman–Crippen LogP) is 8.00. The molecule has 0 radical (unpaired) electrons. The predicted molar refractivity (Wildman–Crippen MR) is 148 cm³/mol. The largest absolute Gasteiger partial charge is 0.297 e. The first kappa shape index (κ1) is 22.5. The van der Waals surface area contributed by atoms with E-state index in [9.17, 15) is 0 Å². The molecule has 2 aromatic heterocycles. The average Bonchev–Trinajstić information content (AvgIpc) is 3.57. The number of thiazole rings is 1. The molecule has 0 bridgehead atoms. The van der Waals surface area contributed by atoms with Crippen LogP contribution in [-0.4, -0.2) is 9.55 Å². The van der Waals surface area contributed by atoms with Crippen LogP contribution in [0.1, 0.15) is 68.5 Å². The lowest BCUT2D eigenvalue weighted by molar-refractivity contribution is -0.633. The third-order valence-electron chi connectivity index (χ3n) is 7.72. The van der Waals surface area contributed by atoms with Crippen molar-refractivity contribution in [1.29, 1.82) is 0 Å². The van der Waals surface area contributed by atoms with Gasteiger partial charge in [-0.25, -0.2) is 9.55 Å². The number of para-hydroxylation sites is 2. The van der Waals surface area contributed by atoms with Gasteiger partial charge in [-0.2, -0.15) is 4.57 Å². The van der Waals surface area contributed by atoms with E-state index in [0.717, 1.165) is 5.52 Å². The molecule has 0 amide bonds. The molecular formula is C31H34N3S+. The maximum absolute atomic E-state index is 5.32. The number of hydrogen-bond donors (Lipinski definition) is 0. The molecule has 3 aromatic carbocycles. The van der Waals surface area contributed by atoms with Crippen LogP contribution in [-0.2, 0) is 12.5 Å². The number of imidazole rings is 1. The van der Waals surface area contributed by atoms with Crippen LogP contribution in [0.2, 0.25) is 0 Å². The van der Waals surface area contributed by atoms with Gasteiger partial charge >= 0.3 is 0 Å². The Bertz CT molecular complexity index is 1540. The zero-order valence-corrected chi connectivity index (χ0v) is 22.2. The Labute approximate surface area is 212 Å². The van der Waals surface area contributed by atoms with Crippen molar-refractivity contribution in [1.82, 2.24) is 9.55 Å². The van der Waals surface area contributed by atoms with Crippen LogP contribution in [0.3, 0.4) is 0 Å². The normalized spacial score (nSPS) is 15.0. The molecule has 0 atom stereocenters. The van der Waals surface area contributed by atoms with E-state index >= 15 is 0 Å². The van der Waals surface area contributed by atoms with Crippen molar-refractivity contribution in [3.05, 3.63) is 76.8 Å². The molecule has 1 saturated carbocycles. The molecule has 1 aliphatic carbocycles. The molecule has 0 unspecified atom stereocenters. The van der Waals surface area contributed by atoms with E-state index in [1.807, 2.05) is 11.3 Å². The second-order valence-electron chi connectivity index (χ2n) is 11.1. The number of hydrogen-bond acceptors (Lipinski definition) is 2. The van der Waals surface area contributed by atoms with Gasteiger partial charge in [-0.3, -0.25) is 0 Å². The van der Waals surface area contributed by atoms with Gasteiger partial charge in [0.2, 0.25) is 0 Å². The number of benzene rings is 3. The highest BCUT2D eigenvalue weighted by Gasteiger charge is 2.30. The monoisotopic (exact) mass is 480 g/mol. The molecule has 0 aliphatic heterocycles. The molecule has 35 heavy (non-hydrogen) atoms. The molecule has 0 spiro atoms. The molecular weight excluding hydrogens is 446 g/mol. The molecule has 3 nitrogen and oxygen atoms in total. The Kier molecular flexibility index (Phi) is 5.33. The van der Waals surface area contributed by atoms with E-state index in [-0.39, 0.29) is 5.41 Å². The maximum atomic E-state index is 5.32. The van der Waals surface area contributed by atoms with Crippen LogP contribution in [0.5, 0.6) is 0 Å². The summed E-state index contributed by atoms with van der Waals surface area (Å²) >= 11 is 1.90. The van der Waals surface area contributed by atoms with Gasteiger partial charge in [-0.1, -0.05) is 63.9 Å². The Balaban J connectivity index is 1.63. The van der Waals surface area contributed by atoms with E-state index in [0.29, 0.717) is 5.92 Å². The summed E-state index contributed by atoms with van der Waals surface area (Å²) in [6.45, 7) is 9.04. The molecule has 0 N–H and O–H groups in total. The lowest BCUT2D eigenvalue weighted by Crippen LogP contribution is -2.30. The molecule has 4 heteroatoms. The van der Waals surface area contributed by atoms with E-state index in [4.69, 9.17) is 4.98 Å². The maximum Gasteiger partial charge on any atom is 0.297 e. The smallest absolute Gasteiger partial charge is 0.240 e. The fourth-order valence-corrected chi connectivity index (χ4v) is 6.85. The fraction of sp³-hybridized carbons (Fsp3) is 0.355. The highest BCUT2D eigenvalue weighted by molar-refractivity contribution is 7.18. The standard InChI is InChI=1S/C31H34N3S/c1-20-14-19-26-28(32-29(35-26)21-10-6-7-11-21)27(20)30-33(5)24-12-8-9-13-25(24)34(30)23-17-15-22(16-18-23)31(2,3)4/h8-9,12-19,21H,6-7,10-11H2,1-5H3/q+1. The summed E-state index contributed by atoms with van der Waals surface area (Å²) in [5.74, 6) is 1.83. The van der Waals surface area contributed by atoms with E-state index in [2.05, 4.69) is 105 Å². The van der Waals surface area contributed by atoms with Crippen molar-refractivity contribution in [2.75, 3.05) is 0 Å². The lowest BCUT2D eigenvalue weighted by atomic mass is 9.87. The molecule has 5 aromatic rings. The lowest BCUT2D eigenvalue weighted by Gasteiger charge is -2.18. The zero-order valence-electron chi connectivity index (χ0n) is 21.4. The molecule has 178 valence electrons. The van der Waals surface area contributed by atoms with Crippen molar-refractivity contribution < 1.29 is 4.57 Å². The highest BCUT2D eigenvalue weighted by atomic mass is 32.1. The van der Waals surface area contributed by atoms with Crippen LogP contribution in [0.4, 0.5) is 0 Å². The average molecular weight is 481 g/mol. The van der Waals surface area contributed by atoms with Gasteiger partial charge in [0.15, 0.2) is 11.0 Å². The van der Waals surface area contributed by atoms with Crippen molar-refractivity contribution in [3.63, 3.8) is 0 Å². The van der Waals surface area contributed by atoms with Crippen molar-refractivity contribution in [2.24, 2.45) is 7.05 Å². The topological polar surface area (TPSA) is 21.7 Å². The van der Waals surface area contributed by atoms with Crippen LogP contribution in [0.15, 0.2) is 60.7 Å². The van der Waals surface area contributed by atoms with Gasteiger partial charge in [0, 0.05) is 5.92 Å². The minimum atomic E-state index is 0.129. The van der Waals surface area contributed by atoms with Gasteiger partial charge in [-0.15, -0.1) is 11.3 Å². The summed E-state index contributed by atoms with van der Waals surface area (Å²) in [6.07, 6.45) is 5.23. The quantitative estimate of drug-likeness (QED) is 0.240. The Hall–Kier alpha value is -2.98. The van der Waals surface area contributed by atoms with Crippen molar-refractivity contribution in [3.8, 4) is 17.1 Å². The van der Waals surface area contributed by atoms with Crippen molar-refractivity contribution >= 4 is 32.6 Å². The number of rotatable bonds is 3. The molecule has 1 fully saturated rings. The van der Waals surface area contributed by atoms with E-state index in [1.54, 1.807) is 0 Å². The van der Waals surface area contributed by atoms with E-state index in [1.165, 1.54) is 74.6 Å². The van der Waals surface area contributed by atoms with Gasteiger partial charge in [0.05, 0.1) is 27.8 Å². The number of nitrogens with zero attached hydrogens (tertiary/aromatic N) is 3. The summed E-state index contributed by atoms with van der Waals surface area (Å²) in [4.78, 5) is 5.32. The van der Waals surface area contributed by atoms with Crippen molar-refractivity contribution in [2.45, 2.75) is 64.7 Å². The number of aromatic nitrogens is 3. The Morgan fingerprint density at radius 1 is 0.943 bits per heavy atom. The molecule has 0 saturated heterocycles. The second-order valence-corrected chi connectivity index (χ2v) is 12.2. The molecule has 1 aliphatic rings. The fourth-order valence-electron chi connectivity index (χ4n) is 5.71. The summed E-state index contributed by atoms with van der Waals surface area (Å²) < 4.78 is 6.08. The number of fused-ring (bicyclic) bond motifs is 2. The Morgan fingerprint density at radius 2 is 1.66 bits per heavy atom. The summed E-state index contributed by atoms with van der Waals surface area (Å²) in [7, 11) is 2.19. The minimum Gasteiger partial charge on any atom is -0.240 e. The van der Waals surface area contributed by atoms with Crippen LogP contribution in [0.25, 0.3) is 38.3 Å². The molecule has 6 rings (SSSR count). The van der Waals surface area contributed by atoms with E-state index < -0.39 is 0 Å². The third kappa shape index (κ3) is 3.70. The zero-order chi connectivity index (χ0) is 24.3. The summed E-state index contributed by atoms with van der Waals surface area (Å²) in [6, 6.07) is 22.4. The minimum absolute atomic E-state index is 0.129. The van der Waals surface area contributed by atoms with Crippen LogP contribution < -0.4 is 4.57 Å². The van der Waals surface area contributed by atoms with Gasteiger partial charge in [0.1, 0.15) is 5.69 Å². The third-order valence-corrected chi connectivity index (χ3v) is 8.90. The van der Waals surface area contributed by atoms with Gasteiger partial charge < -0.3 is 0 Å². The summed E-state index contributed by atoms with van der Waals surface area (Å²) in [5.41, 5.74) is 8.79. The highest BCUT2D eigenvalue weighted by Crippen LogP contribution is 2.41. The number of aryl methyl sites for hydroxylation is 2. The van der Waals surface area contributed by atoms with Gasteiger partial charge in [-0.05, 0) is 66.6 Å². The molecule has 2 heterocycles. The van der Waals surface area contributed by atoms with Gasteiger partial charge in [0.25, 0.3) is 5.82 Å². The van der Waals surface area contributed by atoms with Crippen LogP contribution in [0, 0.1) is 6.92 Å².